The van der Waals surface area contributed by atoms with Gasteiger partial charge in [0.2, 0.25) is 5.95 Å². The average Bonchev–Trinajstić information content (AvgIpc) is 2.67. The second kappa shape index (κ2) is 9.17. The molecule has 2 N–H and O–H groups in total. The van der Waals surface area contributed by atoms with Crippen LogP contribution in [0.5, 0.6) is 0 Å². The van der Waals surface area contributed by atoms with E-state index in [0.29, 0.717) is 5.56 Å². The lowest BCUT2D eigenvalue weighted by Gasteiger charge is -2.23. The molecule has 3 rings (SSSR count). The van der Waals surface area contributed by atoms with Crippen LogP contribution in [0.25, 0.3) is 0 Å². The third kappa shape index (κ3) is 4.69. The predicted octanol–water partition coefficient (Wildman–Crippen LogP) is 4.09. The molecule has 1 aliphatic carbocycles. The highest BCUT2D eigenvalue weighted by Crippen LogP contribution is 2.26. The van der Waals surface area contributed by atoms with Gasteiger partial charge >= 0.3 is 11.4 Å². The van der Waals surface area contributed by atoms with E-state index in [0.717, 1.165) is 56.9 Å². The van der Waals surface area contributed by atoms with Crippen molar-refractivity contribution in [3.05, 3.63) is 56.1 Å². The number of rotatable bonds is 7. The highest BCUT2D eigenvalue weighted by atomic mass is 19.1. The maximum atomic E-state index is 14.3. The van der Waals surface area contributed by atoms with Crippen molar-refractivity contribution in [2.75, 3.05) is 5.32 Å². The van der Waals surface area contributed by atoms with Gasteiger partial charge in [-0.2, -0.15) is 4.98 Å². The number of hydrogen-bond donors (Lipinski definition) is 2. The van der Waals surface area contributed by atoms with E-state index in [9.17, 15) is 14.0 Å². The molecule has 7 heteroatoms. The van der Waals surface area contributed by atoms with Crippen molar-refractivity contribution in [3.63, 3.8) is 0 Å². The summed E-state index contributed by atoms with van der Waals surface area (Å²) >= 11 is 0. The van der Waals surface area contributed by atoms with Crippen LogP contribution in [0.4, 0.5) is 10.3 Å². The molecule has 0 amide bonds. The Balaban J connectivity index is 1.80. The highest BCUT2D eigenvalue weighted by molar-refractivity contribution is 5.34. The van der Waals surface area contributed by atoms with Gasteiger partial charge < -0.3 is 5.32 Å². The normalized spacial score (nSPS) is 16.1. The summed E-state index contributed by atoms with van der Waals surface area (Å²) in [7, 11) is 0. The van der Waals surface area contributed by atoms with Crippen LogP contribution in [0.1, 0.15) is 82.0 Å². The van der Waals surface area contributed by atoms with Crippen molar-refractivity contribution in [2.24, 2.45) is 0 Å². The Morgan fingerprint density at radius 1 is 1.29 bits per heavy atom. The Labute approximate surface area is 164 Å². The SMILES string of the molecule is CCCCc1ccc(F)c([C@H](C)Nc2nc(=O)n(C3CCCCC3)c(=O)[nH]2)c1. The molecular formula is C21H29FN4O2. The second-order valence-corrected chi connectivity index (χ2v) is 7.66. The summed E-state index contributed by atoms with van der Waals surface area (Å²) in [6.07, 6.45) is 7.82. The first kappa shape index (κ1) is 20.3. The third-order valence-electron chi connectivity index (χ3n) is 5.50. The van der Waals surface area contributed by atoms with Gasteiger partial charge in [0.05, 0.1) is 6.04 Å². The first-order valence-corrected chi connectivity index (χ1v) is 10.3. The molecule has 28 heavy (non-hydrogen) atoms. The minimum Gasteiger partial charge on any atom is -0.349 e. The summed E-state index contributed by atoms with van der Waals surface area (Å²) in [6, 6.07) is 4.58. The zero-order valence-electron chi connectivity index (χ0n) is 16.6. The van der Waals surface area contributed by atoms with E-state index >= 15 is 0 Å². The summed E-state index contributed by atoms with van der Waals surface area (Å²) in [4.78, 5) is 31.5. The van der Waals surface area contributed by atoms with E-state index in [-0.39, 0.29) is 17.8 Å². The zero-order chi connectivity index (χ0) is 20.1. The molecular weight excluding hydrogens is 359 g/mol. The Morgan fingerprint density at radius 3 is 2.71 bits per heavy atom. The monoisotopic (exact) mass is 388 g/mol. The number of anilines is 1. The van der Waals surface area contributed by atoms with Crippen LogP contribution >= 0.6 is 0 Å². The van der Waals surface area contributed by atoms with Gasteiger partial charge in [0, 0.05) is 11.6 Å². The Hall–Kier alpha value is -2.44. The molecule has 152 valence electrons. The van der Waals surface area contributed by atoms with Gasteiger partial charge in [0.25, 0.3) is 0 Å². The van der Waals surface area contributed by atoms with Crippen LogP contribution in [0.2, 0.25) is 0 Å². The number of H-pyrrole nitrogens is 1. The number of nitrogens with one attached hydrogen (secondary N) is 2. The average molecular weight is 388 g/mol. The van der Waals surface area contributed by atoms with Gasteiger partial charge in [-0.1, -0.05) is 44.7 Å². The molecule has 1 aromatic heterocycles. The van der Waals surface area contributed by atoms with E-state index in [1.165, 1.54) is 10.6 Å². The molecule has 0 radical (unpaired) electrons. The maximum Gasteiger partial charge on any atom is 0.355 e. The van der Waals surface area contributed by atoms with Gasteiger partial charge in [-0.3, -0.25) is 4.98 Å². The Morgan fingerprint density at radius 2 is 2.04 bits per heavy atom. The van der Waals surface area contributed by atoms with Gasteiger partial charge in [0.15, 0.2) is 0 Å². The molecule has 1 heterocycles. The Bertz CT molecular complexity index is 884. The van der Waals surface area contributed by atoms with Gasteiger partial charge in [-0.25, -0.2) is 18.5 Å². The zero-order valence-corrected chi connectivity index (χ0v) is 16.6. The van der Waals surface area contributed by atoms with Crippen molar-refractivity contribution >= 4 is 5.95 Å². The molecule has 0 saturated heterocycles. The third-order valence-corrected chi connectivity index (χ3v) is 5.50. The van der Waals surface area contributed by atoms with Crippen LogP contribution in [0.15, 0.2) is 27.8 Å². The molecule has 0 bridgehead atoms. The first-order chi connectivity index (χ1) is 13.5. The second-order valence-electron chi connectivity index (χ2n) is 7.66. The van der Waals surface area contributed by atoms with Crippen LogP contribution in [-0.2, 0) is 6.42 Å². The quantitative estimate of drug-likeness (QED) is 0.749. The highest BCUT2D eigenvalue weighted by Gasteiger charge is 2.20. The first-order valence-electron chi connectivity index (χ1n) is 10.3. The van der Waals surface area contributed by atoms with Crippen molar-refractivity contribution in [2.45, 2.75) is 77.3 Å². The molecule has 0 aliphatic heterocycles. The van der Waals surface area contributed by atoms with Crippen LogP contribution in [-0.4, -0.2) is 14.5 Å². The van der Waals surface area contributed by atoms with Crippen molar-refractivity contribution in [3.8, 4) is 0 Å². The summed E-state index contributed by atoms with van der Waals surface area (Å²) in [5.74, 6) is -0.244. The maximum absolute atomic E-state index is 14.3. The van der Waals surface area contributed by atoms with Crippen LogP contribution in [0, 0.1) is 5.82 Å². The number of hydrogen-bond acceptors (Lipinski definition) is 4. The van der Waals surface area contributed by atoms with Gasteiger partial charge in [-0.15, -0.1) is 0 Å². The lowest BCUT2D eigenvalue weighted by Crippen LogP contribution is -2.41. The largest absolute Gasteiger partial charge is 0.355 e. The molecule has 1 aromatic carbocycles. The number of aromatic amines is 1. The molecule has 0 unspecified atom stereocenters. The molecule has 1 aliphatic rings. The van der Waals surface area contributed by atoms with Crippen molar-refractivity contribution < 1.29 is 4.39 Å². The minimum absolute atomic E-state index is 0.0768. The number of nitrogens with zero attached hydrogens (tertiary/aromatic N) is 2. The summed E-state index contributed by atoms with van der Waals surface area (Å²) in [5.41, 5.74) is 0.551. The van der Waals surface area contributed by atoms with E-state index < -0.39 is 17.4 Å². The summed E-state index contributed by atoms with van der Waals surface area (Å²) in [6.45, 7) is 3.90. The molecule has 2 aromatic rings. The topological polar surface area (TPSA) is 79.8 Å². The number of halogens is 1. The van der Waals surface area contributed by atoms with E-state index in [2.05, 4.69) is 22.2 Å². The van der Waals surface area contributed by atoms with E-state index in [4.69, 9.17) is 0 Å². The van der Waals surface area contributed by atoms with Gasteiger partial charge in [0.1, 0.15) is 5.82 Å². The number of aryl methyl sites for hydroxylation is 1. The van der Waals surface area contributed by atoms with E-state index in [1.54, 1.807) is 13.0 Å². The molecule has 1 fully saturated rings. The fraction of sp³-hybridized carbons (Fsp3) is 0.571. The molecule has 0 spiro atoms. The summed E-state index contributed by atoms with van der Waals surface area (Å²) in [5, 5.41) is 2.97. The number of aromatic nitrogens is 3. The molecule has 1 atom stereocenters. The molecule has 1 saturated carbocycles. The van der Waals surface area contributed by atoms with Crippen LogP contribution < -0.4 is 16.7 Å². The van der Waals surface area contributed by atoms with Crippen molar-refractivity contribution in [1.29, 1.82) is 0 Å². The van der Waals surface area contributed by atoms with Gasteiger partial charge in [-0.05, 0) is 44.2 Å². The number of benzene rings is 1. The smallest absolute Gasteiger partial charge is 0.349 e. The fourth-order valence-corrected chi connectivity index (χ4v) is 3.90. The predicted molar refractivity (Wildman–Crippen MR) is 108 cm³/mol. The number of unbranched alkanes of at least 4 members (excludes halogenated alkanes) is 1. The van der Waals surface area contributed by atoms with Crippen LogP contribution in [0.3, 0.4) is 0 Å². The van der Waals surface area contributed by atoms with Crippen molar-refractivity contribution in [1.82, 2.24) is 14.5 Å². The lowest BCUT2D eigenvalue weighted by atomic mass is 9.95. The summed E-state index contributed by atoms with van der Waals surface area (Å²) < 4.78 is 15.5. The Kier molecular flexibility index (Phi) is 6.65. The standard InChI is InChI=1S/C21H29FN4O2/c1-3-4-8-15-11-12-18(22)17(13-15)14(2)23-19-24-20(27)26(21(28)25-19)16-9-6-5-7-10-16/h11-14,16H,3-10H2,1-2H3,(H2,23,24,25,27,28)/t14-/m0/s1. The molecule has 6 nitrogen and oxygen atoms in total. The fourth-order valence-electron chi connectivity index (χ4n) is 3.90. The van der Waals surface area contributed by atoms with E-state index in [1.807, 2.05) is 6.07 Å². The lowest BCUT2D eigenvalue weighted by molar-refractivity contribution is 0.332. The minimum atomic E-state index is -0.553.